The number of carbonyl (C=O) groups is 1. The van der Waals surface area contributed by atoms with Crippen molar-refractivity contribution in [3.63, 3.8) is 0 Å². The summed E-state index contributed by atoms with van der Waals surface area (Å²) in [6.45, 7) is 5.57. The fraction of sp³-hybridized carbons (Fsp3) is 0.333. The second kappa shape index (κ2) is 10.6. The normalized spacial score (nSPS) is 11.0. The van der Waals surface area contributed by atoms with Crippen LogP contribution in [0.25, 0.3) is 10.2 Å². The van der Waals surface area contributed by atoms with Crippen LogP contribution in [0.15, 0.2) is 41.3 Å². The Bertz CT molecular complexity index is 974. The van der Waals surface area contributed by atoms with E-state index >= 15 is 0 Å². The minimum Gasteiger partial charge on any atom is -0.308 e. The van der Waals surface area contributed by atoms with Gasteiger partial charge >= 0.3 is 0 Å². The molecule has 0 aliphatic heterocycles. The Morgan fingerprint density at radius 3 is 2.45 bits per heavy atom. The predicted octanol–water partition coefficient (Wildman–Crippen LogP) is 5.68. The first-order valence-electron chi connectivity index (χ1n) is 9.05. The molecule has 0 aliphatic rings. The number of nitrogens with zero attached hydrogens (tertiary/aromatic N) is 3. The highest BCUT2D eigenvalue weighted by atomic mass is 35.5. The minimum atomic E-state index is 0. The van der Waals surface area contributed by atoms with Gasteiger partial charge in [0.1, 0.15) is 0 Å². The second-order valence-electron chi connectivity index (χ2n) is 6.94. The van der Waals surface area contributed by atoms with Gasteiger partial charge < -0.3 is 4.90 Å². The van der Waals surface area contributed by atoms with Gasteiger partial charge in [-0.1, -0.05) is 29.0 Å². The SMILES string of the molecule is Cc1ccc2sc(N(CCN(C)C)C(=O)CSc3ccc(Cl)cc3)nc2c1C.Cl. The number of thiazole rings is 1. The lowest BCUT2D eigenvalue weighted by Gasteiger charge is -2.21. The van der Waals surface area contributed by atoms with E-state index in [4.69, 9.17) is 16.6 Å². The summed E-state index contributed by atoms with van der Waals surface area (Å²) in [4.78, 5) is 22.8. The molecule has 2 aromatic carbocycles. The smallest absolute Gasteiger partial charge is 0.239 e. The Morgan fingerprint density at radius 1 is 1.10 bits per heavy atom. The highest BCUT2D eigenvalue weighted by Gasteiger charge is 2.21. The number of carbonyl (C=O) groups excluding carboxylic acids is 1. The van der Waals surface area contributed by atoms with Crippen molar-refractivity contribution in [2.24, 2.45) is 0 Å². The largest absolute Gasteiger partial charge is 0.308 e. The molecular weight excluding hydrogens is 445 g/mol. The monoisotopic (exact) mass is 469 g/mol. The molecule has 156 valence electrons. The van der Waals surface area contributed by atoms with Gasteiger partial charge in [-0.2, -0.15) is 0 Å². The molecule has 0 radical (unpaired) electrons. The Hall–Kier alpha value is -1.31. The highest BCUT2D eigenvalue weighted by Crippen LogP contribution is 2.32. The lowest BCUT2D eigenvalue weighted by molar-refractivity contribution is -0.116. The van der Waals surface area contributed by atoms with Crippen LogP contribution in [-0.2, 0) is 4.79 Å². The van der Waals surface area contributed by atoms with Crippen LogP contribution in [0.1, 0.15) is 11.1 Å². The van der Waals surface area contributed by atoms with E-state index in [2.05, 4.69) is 30.9 Å². The molecule has 0 N–H and O–H groups in total. The number of halogens is 2. The van der Waals surface area contributed by atoms with Gasteiger partial charge in [0.2, 0.25) is 5.91 Å². The summed E-state index contributed by atoms with van der Waals surface area (Å²) < 4.78 is 1.12. The van der Waals surface area contributed by atoms with Crippen molar-refractivity contribution in [1.82, 2.24) is 9.88 Å². The number of likely N-dealkylation sites (N-methyl/N-ethyl adjacent to an activating group) is 1. The first-order valence-corrected chi connectivity index (χ1v) is 11.2. The van der Waals surface area contributed by atoms with Crippen molar-refractivity contribution in [2.75, 3.05) is 37.8 Å². The molecule has 1 aromatic heterocycles. The molecule has 4 nitrogen and oxygen atoms in total. The summed E-state index contributed by atoms with van der Waals surface area (Å²) in [6, 6.07) is 11.8. The number of rotatable bonds is 7. The molecule has 1 heterocycles. The molecule has 0 saturated carbocycles. The average Bonchev–Trinajstić information content (AvgIpc) is 3.09. The maximum absolute atomic E-state index is 13.1. The number of hydrogen-bond acceptors (Lipinski definition) is 5. The molecule has 0 atom stereocenters. The number of hydrogen-bond donors (Lipinski definition) is 0. The molecule has 3 rings (SSSR count). The third kappa shape index (κ3) is 6.09. The summed E-state index contributed by atoms with van der Waals surface area (Å²) in [5.41, 5.74) is 3.39. The van der Waals surface area contributed by atoms with Gasteiger partial charge in [-0.25, -0.2) is 4.98 Å². The zero-order valence-electron chi connectivity index (χ0n) is 16.9. The number of aryl methyl sites for hydroxylation is 2. The fourth-order valence-corrected chi connectivity index (χ4v) is 4.68. The van der Waals surface area contributed by atoms with E-state index in [-0.39, 0.29) is 18.3 Å². The maximum Gasteiger partial charge on any atom is 0.239 e. The van der Waals surface area contributed by atoms with Gasteiger partial charge in [0, 0.05) is 23.0 Å². The van der Waals surface area contributed by atoms with Crippen LogP contribution in [0, 0.1) is 13.8 Å². The predicted molar refractivity (Wildman–Crippen MR) is 129 cm³/mol. The lowest BCUT2D eigenvalue weighted by atomic mass is 10.1. The molecular formula is C21H25Cl2N3OS2. The zero-order valence-corrected chi connectivity index (χ0v) is 20.1. The van der Waals surface area contributed by atoms with E-state index in [1.807, 2.05) is 43.3 Å². The van der Waals surface area contributed by atoms with Crippen molar-refractivity contribution < 1.29 is 4.79 Å². The first-order chi connectivity index (χ1) is 13.3. The van der Waals surface area contributed by atoms with Gasteiger partial charge in [-0.05, 0) is 69.4 Å². The molecule has 0 unspecified atom stereocenters. The molecule has 0 bridgehead atoms. The van der Waals surface area contributed by atoms with Gasteiger partial charge in [-0.15, -0.1) is 24.2 Å². The molecule has 0 fully saturated rings. The van der Waals surface area contributed by atoms with Crippen LogP contribution >= 0.6 is 47.1 Å². The number of amides is 1. The minimum absolute atomic E-state index is 0. The van der Waals surface area contributed by atoms with Crippen molar-refractivity contribution in [3.05, 3.63) is 52.5 Å². The summed E-state index contributed by atoms with van der Waals surface area (Å²) in [5.74, 6) is 0.429. The quantitative estimate of drug-likeness (QED) is 0.417. The Labute approximate surface area is 191 Å². The third-order valence-electron chi connectivity index (χ3n) is 4.55. The van der Waals surface area contributed by atoms with E-state index in [0.717, 1.165) is 26.8 Å². The molecule has 0 spiro atoms. The summed E-state index contributed by atoms with van der Waals surface area (Å²) in [5, 5.41) is 1.47. The van der Waals surface area contributed by atoms with Gasteiger partial charge in [0.05, 0.1) is 16.0 Å². The number of thioether (sulfide) groups is 1. The lowest BCUT2D eigenvalue weighted by Crippen LogP contribution is -2.37. The molecule has 0 aliphatic carbocycles. The van der Waals surface area contributed by atoms with Crippen LogP contribution in [0.4, 0.5) is 5.13 Å². The highest BCUT2D eigenvalue weighted by molar-refractivity contribution is 8.00. The van der Waals surface area contributed by atoms with Crippen LogP contribution < -0.4 is 4.90 Å². The number of anilines is 1. The number of fused-ring (bicyclic) bond motifs is 1. The van der Waals surface area contributed by atoms with Crippen molar-refractivity contribution >= 4 is 68.4 Å². The fourth-order valence-electron chi connectivity index (χ4n) is 2.71. The van der Waals surface area contributed by atoms with Crippen LogP contribution in [0.2, 0.25) is 5.02 Å². The topological polar surface area (TPSA) is 36.4 Å². The summed E-state index contributed by atoms with van der Waals surface area (Å²) in [7, 11) is 4.02. The molecule has 0 saturated heterocycles. The van der Waals surface area contributed by atoms with E-state index in [9.17, 15) is 4.79 Å². The Balaban J connectivity index is 0.00000300. The van der Waals surface area contributed by atoms with Crippen molar-refractivity contribution in [2.45, 2.75) is 18.7 Å². The van der Waals surface area contributed by atoms with Gasteiger partial charge in [0.15, 0.2) is 5.13 Å². The first kappa shape index (κ1) is 24.0. The van der Waals surface area contributed by atoms with E-state index < -0.39 is 0 Å². The molecule has 29 heavy (non-hydrogen) atoms. The summed E-state index contributed by atoms with van der Waals surface area (Å²) >= 11 is 9.04. The van der Waals surface area contributed by atoms with Crippen LogP contribution in [0.5, 0.6) is 0 Å². The summed E-state index contributed by atoms with van der Waals surface area (Å²) in [6.07, 6.45) is 0. The Morgan fingerprint density at radius 2 is 1.79 bits per heavy atom. The van der Waals surface area contributed by atoms with Crippen LogP contribution in [-0.4, -0.2) is 48.7 Å². The van der Waals surface area contributed by atoms with Crippen molar-refractivity contribution in [3.8, 4) is 0 Å². The van der Waals surface area contributed by atoms with E-state index in [0.29, 0.717) is 17.3 Å². The van der Waals surface area contributed by atoms with E-state index in [1.165, 1.54) is 22.9 Å². The zero-order chi connectivity index (χ0) is 20.3. The molecule has 3 aromatic rings. The standard InChI is InChI=1S/C21H24ClN3OS2.ClH/c1-14-5-10-18-20(15(14)2)23-21(28-18)25(12-11-24(3)4)19(26)13-27-17-8-6-16(22)7-9-17;/h5-10H,11-13H2,1-4H3;1H. The van der Waals surface area contributed by atoms with E-state index in [1.54, 1.807) is 11.3 Å². The molecule has 1 amide bonds. The third-order valence-corrected chi connectivity index (χ3v) is 6.84. The van der Waals surface area contributed by atoms with Gasteiger partial charge in [-0.3, -0.25) is 9.69 Å². The van der Waals surface area contributed by atoms with Crippen molar-refractivity contribution in [1.29, 1.82) is 0 Å². The van der Waals surface area contributed by atoms with Crippen LogP contribution in [0.3, 0.4) is 0 Å². The number of benzene rings is 2. The number of aromatic nitrogens is 1. The maximum atomic E-state index is 13.1. The second-order valence-corrected chi connectivity index (χ2v) is 9.44. The molecule has 8 heteroatoms. The Kier molecular flexibility index (Phi) is 8.79. The van der Waals surface area contributed by atoms with Gasteiger partial charge in [0.25, 0.3) is 0 Å². The average molecular weight is 470 g/mol.